The minimum atomic E-state index is -0.945. The van der Waals surface area contributed by atoms with Crippen molar-refractivity contribution in [2.75, 3.05) is 23.4 Å². The summed E-state index contributed by atoms with van der Waals surface area (Å²) in [6.07, 6.45) is 0. The lowest BCUT2D eigenvalue weighted by atomic mass is 9.92. The molecule has 0 bridgehead atoms. The van der Waals surface area contributed by atoms with Crippen molar-refractivity contribution >= 4 is 23.2 Å². The van der Waals surface area contributed by atoms with Crippen molar-refractivity contribution in [2.45, 2.75) is 27.7 Å². The van der Waals surface area contributed by atoms with Crippen molar-refractivity contribution in [3.63, 3.8) is 0 Å². The van der Waals surface area contributed by atoms with Gasteiger partial charge in [0.05, 0.1) is 11.1 Å². The highest BCUT2D eigenvalue weighted by atomic mass is 19.1. The molecule has 7 heteroatoms. The van der Waals surface area contributed by atoms with Gasteiger partial charge in [-0.2, -0.15) is 0 Å². The van der Waals surface area contributed by atoms with E-state index in [-0.39, 0.29) is 18.4 Å². The minimum Gasteiger partial charge on any atom is -0.490 e. The van der Waals surface area contributed by atoms with Crippen LogP contribution in [0.25, 0.3) is 0 Å². The van der Waals surface area contributed by atoms with E-state index in [0.29, 0.717) is 23.7 Å². The molecule has 1 aliphatic heterocycles. The highest BCUT2D eigenvalue weighted by molar-refractivity contribution is 6.06. The van der Waals surface area contributed by atoms with Gasteiger partial charge in [-0.1, -0.05) is 19.9 Å². The summed E-state index contributed by atoms with van der Waals surface area (Å²) in [5.74, 6) is -2.17. The average Bonchev–Trinajstić information content (AvgIpc) is 2.72. The maximum absolute atomic E-state index is 13.9. The summed E-state index contributed by atoms with van der Waals surface area (Å²) >= 11 is 0. The molecule has 2 aromatic rings. The molecule has 29 heavy (non-hydrogen) atoms. The molecular weight excluding hydrogens is 378 g/mol. The Morgan fingerprint density at radius 2 is 1.86 bits per heavy atom. The fourth-order valence-electron chi connectivity index (χ4n) is 3.18. The van der Waals surface area contributed by atoms with Gasteiger partial charge < -0.3 is 15.0 Å². The van der Waals surface area contributed by atoms with Crippen LogP contribution in [0.2, 0.25) is 0 Å². The van der Waals surface area contributed by atoms with Crippen LogP contribution in [-0.4, -0.2) is 25.0 Å². The van der Waals surface area contributed by atoms with Crippen molar-refractivity contribution in [1.82, 2.24) is 0 Å². The van der Waals surface area contributed by atoms with Gasteiger partial charge in [-0.3, -0.25) is 9.59 Å². The molecule has 0 atom stereocenters. The predicted molar refractivity (Wildman–Crippen MR) is 107 cm³/mol. The van der Waals surface area contributed by atoms with Gasteiger partial charge in [0.25, 0.3) is 5.91 Å². The Labute approximate surface area is 168 Å². The second-order valence-electron chi connectivity index (χ2n) is 8.22. The number of amides is 2. The second-order valence-corrected chi connectivity index (χ2v) is 8.22. The zero-order valence-corrected chi connectivity index (χ0v) is 16.9. The summed E-state index contributed by atoms with van der Waals surface area (Å²) in [5.41, 5.74) is -0.551. The standard InChI is InChI=1S/C22H24F2N2O3/c1-13(2)11-26-17-10-14(8-9-18(17)29-12-22(3,4)21(26)28)25-20(27)19-15(23)6-5-7-16(19)24/h5-10,13H,11-12H2,1-4H3,(H,25,27). The van der Waals surface area contributed by atoms with Crippen molar-refractivity contribution in [3.05, 3.63) is 53.6 Å². The molecule has 5 nitrogen and oxygen atoms in total. The first-order chi connectivity index (χ1) is 13.6. The Balaban J connectivity index is 1.97. The normalized spacial score (nSPS) is 15.6. The molecule has 0 saturated heterocycles. The number of hydrogen-bond acceptors (Lipinski definition) is 3. The van der Waals surface area contributed by atoms with Gasteiger partial charge >= 0.3 is 0 Å². The SMILES string of the molecule is CC(C)CN1C(=O)C(C)(C)COc2ccc(NC(=O)c3c(F)cccc3F)cc21. The number of fused-ring (bicyclic) bond motifs is 1. The zero-order valence-electron chi connectivity index (χ0n) is 16.9. The van der Waals surface area contributed by atoms with Gasteiger partial charge in [-0.15, -0.1) is 0 Å². The third kappa shape index (κ3) is 4.23. The molecule has 3 rings (SSSR count). The number of nitrogens with zero attached hydrogens (tertiary/aromatic N) is 1. The molecule has 0 radical (unpaired) electrons. The molecule has 1 heterocycles. The predicted octanol–water partition coefficient (Wildman–Crippen LogP) is 4.62. The van der Waals surface area contributed by atoms with Gasteiger partial charge in [0.15, 0.2) is 0 Å². The fraction of sp³-hybridized carbons (Fsp3) is 0.364. The number of anilines is 2. The quantitative estimate of drug-likeness (QED) is 0.812. The summed E-state index contributed by atoms with van der Waals surface area (Å²) in [7, 11) is 0. The summed E-state index contributed by atoms with van der Waals surface area (Å²) in [6.45, 7) is 8.32. The molecule has 0 spiro atoms. The van der Waals surface area contributed by atoms with Crippen LogP contribution in [0.5, 0.6) is 5.75 Å². The molecule has 0 fully saturated rings. The molecule has 2 aromatic carbocycles. The number of halogens is 2. The number of carbonyl (C=O) groups is 2. The van der Waals surface area contributed by atoms with E-state index >= 15 is 0 Å². The van der Waals surface area contributed by atoms with E-state index in [0.717, 1.165) is 12.1 Å². The number of hydrogen-bond donors (Lipinski definition) is 1. The average molecular weight is 402 g/mol. The number of nitrogens with one attached hydrogen (secondary N) is 1. The Hall–Kier alpha value is -2.96. The first kappa shape index (κ1) is 20.8. The van der Waals surface area contributed by atoms with E-state index in [2.05, 4.69) is 5.32 Å². The molecular formula is C22H24F2N2O3. The fourth-order valence-corrected chi connectivity index (χ4v) is 3.18. The molecule has 1 aliphatic rings. The monoisotopic (exact) mass is 402 g/mol. The number of rotatable bonds is 4. The summed E-state index contributed by atoms with van der Waals surface area (Å²) in [5, 5.41) is 2.51. The van der Waals surface area contributed by atoms with Crippen molar-refractivity contribution < 1.29 is 23.1 Å². The smallest absolute Gasteiger partial charge is 0.261 e. The van der Waals surface area contributed by atoms with Gasteiger partial charge in [0.1, 0.15) is 29.6 Å². The first-order valence-electron chi connectivity index (χ1n) is 9.44. The Morgan fingerprint density at radius 3 is 2.48 bits per heavy atom. The molecule has 0 unspecified atom stereocenters. The van der Waals surface area contributed by atoms with Crippen LogP contribution in [-0.2, 0) is 4.79 Å². The Kier molecular flexibility index (Phi) is 5.59. The van der Waals surface area contributed by atoms with E-state index in [1.807, 2.05) is 27.7 Å². The van der Waals surface area contributed by atoms with Crippen LogP contribution < -0.4 is 15.0 Å². The van der Waals surface area contributed by atoms with Crippen LogP contribution in [0.4, 0.5) is 20.2 Å². The maximum atomic E-state index is 13.9. The van der Waals surface area contributed by atoms with Crippen molar-refractivity contribution in [3.8, 4) is 5.75 Å². The van der Waals surface area contributed by atoms with Crippen LogP contribution >= 0.6 is 0 Å². The molecule has 0 aromatic heterocycles. The number of ether oxygens (including phenoxy) is 1. The topological polar surface area (TPSA) is 58.6 Å². The molecule has 154 valence electrons. The van der Waals surface area contributed by atoms with E-state index in [4.69, 9.17) is 4.74 Å². The van der Waals surface area contributed by atoms with E-state index in [9.17, 15) is 18.4 Å². The number of benzene rings is 2. The lowest BCUT2D eigenvalue weighted by Gasteiger charge is -2.29. The van der Waals surface area contributed by atoms with Crippen LogP contribution in [0.15, 0.2) is 36.4 Å². The van der Waals surface area contributed by atoms with Gasteiger partial charge in [-0.05, 0) is 50.1 Å². The highest BCUT2D eigenvalue weighted by Gasteiger charge is 2.38. The molecule has 0 aliphatic carbocycles. The lowest BCUT2D eigenvalue weighted by molar-refractivity contribution is -0.127. The highest BCUT2D eigenvalue weighted by Crippen LogP contribution is 2.38. The Bertz CT molecular complexity index is 937. The van der Waals surface area contributed by atoms with Crippen LogP contribution in [0.3, 0.4) is 0 Å². The number of carbonyl (C=O) groups excluding carboxylic acids is 2. The third-order valence-electron chi connectivity index (χ3n) is 4.66. The first-order valence-corrected chi connectivity index (χ1v) is 9.44. The molecule has 2 amide bonds. The third-order valence-corrected chi connectivity index (χ3v) is 4.66. The van der Waals surface area contributed by atoms with Crippen molar-refractivity contribution in [2.24, 2.45) is 11.3 Å². The largest absolute Gasteiger partial charge is 0.490 e. The van der Waals surface area contributed by atoms with Crippen molar-refractivity contribution in [1.29, 1.82) is 0 Å². The van der Waals surface area contributed by atoms with E-state index in [1.54, 1.807) is 23.1 Å². The van der Waals surface area contributed by atoms with E-state index < -0.39 is 28.5 Å². The Morgan fingerprint density at radius 1 is 1.21 bits per heavy atom. The lowest BCUT2D eigenvalue weighted by Crippen LogP contribution is -2.43. The zero-order chi connectivity index (χ0) is 21.3. The van der Waals surface area contributed by atoms with Gasteiger partial charge in [-0.25, -0.2) is 8.78 Å². The minimum absolute atomic E-state index is 0.0893. The van der Waals surface area contributed by atoms with Crippen LogP contribution in [0, 0.1) is 23.0 Å². The summed E-state index contributed by atoms with van der Waals surface area (Å²) in [4.78, 5) is 27.1. The molecule has 0 saturated carbocycles. The van der Waals surface area contributed by atoms with Crippen LogP contribution in [0.1, 0.15) is 38.1 Å². The second kappa shape index (κ2) is 7.81. The molecule has 1 N–H and O–H groups in total. The maximum Gasteiger partial charge on any atom is 0.261 e. The van der Waals surface area contributed by atoms with Gasteiger partial charge in [0.2, 0.25) is 5.91 Å². The summed E-state index contributed by atoms with van der Waals surface area (Å²) in [6, 6.07) is 8.05. The van der Waals surface area contributed by atoms with Gasteiger partial charge in [0, 0.05) is 12.2 Å². The van der Waals surface area contributed by atoms with E-state index in [1.165, 1.54) is 6.07 Å². The summed E-state index contributed by atoms with van der Waals surface area (Å²) < 4.78 is 33.6.